The number of carbonyl (C=O) groups excluding carboxylic acids is 1. The van der Waals surface area contributed by atoms with Crippen molar-refractivity contribution in [2.75, 3.05) is 49.1 Å². The minimum atomic E-state index is -0.246. The van der Waals surface area contributed by atoms with Gasteiger partial charge in [-0.3, -0.25) is 4.79 Å². The van der Waals surface area contributed by atoms with Gasteiger partial charge < -0.3 is 29.0 Å². The number of hydrogen-bond donors (Lipinski definition) is 1. The Bertz CT molecular complexity index is 1670. The minimum Gasteiger partial charge on any atom is -0.370 e. The topological polar surface area (TPSA) is 91.0 Å². The molecule has 0 saturated carbocycles. The van der Waals surface area contributed by atoms with Crippen molar-refractivity contribution in [3.63, 3.8) is 0 Å². The number of aromatic nitrogens is 4. The molecule has 7 rings (SSSR count). The van der Waals surface area contributed by atoms with Gasteiger partial charge in [0.15, 0.2) is 5.82 Å². The number of hydrogen-bond acceptors (Lipinski definition) is 6. The lowest BCUT2D eigenvalue weighted by atomic mass is 9.82. The molecule has 3 aliphatic rings. The molecule has 4 aromatic rings. The highest BCUT2D eigenvalue weighted by molar-refractivity contribution is 5.78. The Labute approximate surface area is 245 Å². The van der Waals surface area contributed by atoms with Crippen LogP contribution in [0.3, 0.4) is 0 Å². The summed E-state index contributed by atoms with van der Waals surface area (Å²) in [7, 11) is 0. The summed E-state index contributed by atoms with van der Waals surface area (Å²) in [6.45, 7) is 9.38. The molecule has 0 unspecified atom stereocenters. The van der Waals surface area contributed by atoms with E-state index in [0.717, 1.165) is 68.2 Å². The number of amides is 2. The Balaban J connectivity index is 0.982. The fourth-order valence-corrected chi connectivity index (χ4v) is 7.13. The van der Waals surface area contributed by atoms with Gasteiger partial charge in [0.25, 0.3) is 5.56 Å². The van der Waals surface area contributed by atoms with Crippen LogP contribution in [0.15, 0.2) is 72.2 Å². The number of urea groups is 1. The van der Waals surface area contributed by atoms with Gasteiger partial charge >= 0.3 is 6.03 Å². The molecule has 6 heterocycles. The van der Waals surface area contributed by atoms with E-state index in [9.17, 15) is 9.59 Å². The second-order valence-corrected chi connectivity index (χ2v) is 12.5. The number of nitrogens with one attached hydrogen (secondary N) is 1. The maximum atomic E-state index is 13.3. The van der Waals surface area contributed by atoms with Crippen molar-refractivity contribution in [1.82, 2.24) is 29.2 Å². The molecule has 42 heavy (non-hydrogen) atoms. The summed E-state index contributed by atoms with van der Waals surface area (Å²) in [5.41, 5.74) is 4.06. The van der Waals surface area contributed by atoms with Crippen LogP contribution in [0.4, 0.5) is 16.3 Å². The normalized spacial score (nSPS) is 22.0. The van der Waals surface area contributed by atoms with E-state index in [1.165, 1.54) is 5.56 Å². The predicted molar refractivity (Wildman–Crippen MR) is 163 cm³/mol. The largest absolute Gasteiger partial charge is 0.370 e. The molecule has 3 aliphatic heterocycles. The molecule has 3 saturated heterocycles. The van der Waals surface area contributed by atoms with Crippen LogP contribution in [-0.2, 0) is 12.0 Å². The van der Waals surface area contributed by atoms with Gasteiger partial charge in [-0.15, -0.1) is 0 Å². The highest BCUT2D eigenvalue weighted by Crippen LogP contribution is 2.36. The SMILES string of the molecule is Cc1cc(N2CC[C@@](C)(c3ccccc3)C2)cc(=O)n1CCN1CC2(CCN(c3nccn4cncc34)CC2)NC1=O. The average molecular weight is 567 g/mol. The van der Waals surface area contributed by atoms with Crippen molar-refractivity contribution in [1.29, 1.82) is 0 Å². The van der Waals surface area contributed by atoms with E-state index in [2.05, 4.69) is 68.4 Å². The zero-order chi connectivity index (χ0) is 28.9. The van der Waals surface area contributed by atoms with Crippen molar-refractivity contribution in [2.24, 2.45) is 0 Å². The molecule has 0 radical (unpaired) electrons. The highest BCUT2D eigenvalue weighted by atomic mass is 16.2. The van der Waals surface area contributed by atoms with E-state index in [1.807, 2.05) is 28.6 Å². The standard InChI is InChI=1S/C32H38N8O2/c1-24-18-26(37-12-8-31(2,21-37)25-6-4-3-5-7-25)19-28(41)40(24)17-16-38-22-32(35-30(38)42)9-13-36(14-10-32)29-27-20-33-23-39(27)15-11-34-29/h3-7,11,15,18-20,23H,8-10,12-14,16-17,21-22H2,1-2H3,(H,35,42)/t31-/m1/s1. The first-order valence-corrected chi connectivity index (χ1v) is 14.9. The number of fused-ring (bicyclic) bond motifs is 1. The second-order valence-electron chi connectivity index (χ2n) is 12.5. The van der Waals surface area contributed by atoms with Crippen molar-refractivity contribution in [3.8, 4) is 0 Å². The van der Waals surface area contributed by atoms with Crippen molar-refractivity contribution in [2.45, 2.75) is 50.6 Å². The number of imidazole rings is 1. The lowest BCUT2D eigenvalue weighted by molar-refractivity contribution is 0.215. The maximum absolute atomic E-state index is 13.3. The molecule has 10 heteroatoms. The summed E-state index contributed by atoms with van der Waals surface area (Å²) in [5.74, 6) is 0.933. The number of carbonyl (C=O) groups is 1. The molecule has 10 nitrogen and oxygen atoms in total. The fourth-order valence-electron chi connectivity index (χ4n) is 7.13. The minimum absolute atomic E-state index is 0.0116. The van der Waals surface area contributed by atoms with Gasteiger partial charge in [-0.05, 0) is 37.8 Å². The van der Waals surface area contributed by atoms with Gasteiger partial charge in [0.1, 0.15) is 5.52 Å². The van der Waals surface area contributed by atoms with Gasteiger partial charge in [-0.1, -0.05) is 37.3 Å². The molecule has 3 aromatic heterocycles. The molecule has 0 bridgehead atoms. The number of pyridine rings is 1. The molecule has 1 atom stereocenters. The Morgan fingerprint density at radius 1 is 0.952 bits per heavy atom. The quantitative estimate of drug-likeness (QED) is 0.385. The van der Waals surface area contributed by atoms with Crippen LogP contribution in [0.5, 0.6) is 0 Å². The number of aryl methyl sites for hydroxylation is 1. The predicted octanol–water partition coefficient (Wildman–Crippen LogP) is 3.43. The van der Waals surface area contributed by atoms with Crippen molar-refractivity contribution < 1.29 is 4.79 Å². The van der Waals surface area contributed by atoms with Gasteiger partial charge in [-0.25, -0.2) is 14.8 Å². The highest BCUT2D eigenvalue weighted by Gasteiger charge is 2.44. The van der Waals surface area contributed by atoms with Crippen LogP contribution in [0.25, 0.3) is 5.52 Å². The third-order valence-corrected chi connectivity index (χ3v) is 9.71. The van der Waals surface area contributed by atoms with E-state index in [0.29, 0.717) is 19.6 Å². The number of nitrogens with zero attached hydrogens (tertiary/aromatic N) is 7. The number of rotatable bonds is 6. The first-order chi connectivity index (χ1) is 20.3. The molecule has 3 fully saturated rings. The zero-order valence-corrected chi connectivity index (χ0v) is 24.4. The second kappa shape index (κ2) is 10.2. The van der Waals surface area contributed by atoms with Crippen LogP contribution in [0, 0.1) is 6.92 Å². The van der Waals surface area contributed by atoms with E-state index in [4.69, 9.17) is 0 Å². The number of anilines is 2. The molecule has 1 aromatic carbocycles. The maximum Gasteiger partial charge on any atom is 0.318 e. The lowest BCUT2D eigenvalue weighted by Gasteiger charge is -2.39. The lowest BCUT2D eigenvalue weighted by Crippen LogP contribution is -2.52. The molecule has 1 spiro atoms. The Morgan fingerprint density at radius 3 is 2.52 bits per heavy atom. The summed E-state index contributed by atoms with van der Waals surface area (Å²) in [6, 6.07) is 14.5. The van der Waals surface area contributed by atoms with Gasteiger partial charge in [0, 0.05) is 81.1 Å². The molecular weight excluding hydrogens is 528 g/mol. The first kappa shape index (κ1) is 26.6. The summed E-state index contributed by atoms with van der Waals surface area (Å²) < 4.78 is 3.78. The van der Waals surface area contributed by atoms with Crippen molar-refractivity contribution >= 4 is 23.1 Å². The number of piperidine rings is 1. The Kier molecular flexibility index (Phi) is 6.44. The summed E-state index contributed by atoms with van der Waals surface area (Å²) in [6.07, 6.45) is 10.1. The molecular formula is C32H38N8O2. The van der Waals surface area contributed by atoms with E-state index in [1.54, 1.807) is 23.2 Å². The van der Waals surface area contributed by atoms with Gasteiger partial charge in [0.2, 0.25) is 0 Å². The Morgan fingerprint density at radius 2 is 1.74 bits per heavy atom. The third kappa shape index (κ3) is 4.68. The van der Waals surface area contributed by atoms with E-state index >= 15 is 0 Å². The van der Waals surface area contributed by atoms with Crippen LogP contribution < -0.4 is 20.7 Å². The van der Waals surface area contributed by atoms with Gasteiger partial charge in [-0.2, -0.15) is 0 Å². The Hall–Kier alpha value is -4.34. The summed E-state index contributed by atoms with van der Waals surface area (Å²) >= 11 is 0. The first-order valence-electron chi connectivity index (χ1n) is 14.9. The van der Waals surface area contributed by atoms with E-state index < -0.39 is 0 Å². The third-order valence-electron chi connectivity index (χ3n) is 9.71. The smallest absolute Gasteiger partial charge is 0.318 e. The van der Waals surface area contributed by atoms with Crippen LogP contribution in [-0.4, -0.2) is 74.7 Å². The molecule has 0 aliphatic carbocycles. The molecule has 1 N–H and O–H groups in total. The van der Waals surface area contributed by atoms with Crippen LogP contribution >= 0.6 is 0 Å². The van der Waals surface area contributed by atoms with Crippen LogP contribution in [0.2, 0.25) is 0 Å². The zero-order valence-electron chi connectivity index (χ0n) is 24.4. The monoisotopic (exact) mass is 566 g/mol. The molecule has 2 amide bonds. The van der Waals surface area contributed by atoms with E-state index in [-0.39, 0.29) is 22.5 Å². The fraction of sp³-hybridized carbons (Fsp3) is 0.438. The average Bonchev–Trinajstić information content (AvgIpc) is 3.71. The summed E-state index contributed by atoms with van der Waals surface area (Å²) in [4.78, 5) is 41.6. The summed E-state index contributed by atoms with van der Waals surface area (Å²) in [5, 5.41) is 3.28. The van der Waals surface area contributed by atoms with Crippen LogP contribution in [0.1, 0.15) is 37.4 Å². The number of benzene rings is 1. The van der Waals surface area contributed by atoms with Crippen molar-refractivity contribution in [3.05, 3.63) is 89.0 Å². The van der Waals surface area contributed by atoms with Gasteiger partial charge in [0.05, 0.1) is 18.1 Å². The molecule has 218 valence electrons.